The summed E-state index contributed by atoms with van der Waals surface area (Å²) in [6, 6.07) is 5.54. The summed E-state index contributed by atoms with van der Waals surface area (Å²) in [5.41, 5.74) is 3.36. The van der Waals surface area contributed by atoms with Crippen molar-refractivity contribution >= 4 is 23.2 Å². The van der Waals surface area contributed by atoms with Crippen molar-refractivity contribution in [3.8, 4) is 5.75 Å². The van der Waals surface area contributed by atoms with E-state index in [4.69, 9.17) is 4.74 Å². The highest BCUT2D eigenvalue weighted by atomic mass is 16.5. The van der Waals surface area contributed by atoms with E-state index in [1.165, 1.54) is 0 Å². The number of anilines is 3. The van der Waals surface area contributed by atoms with Crippen LogP contribution in [0.5, 0.6) is 5.75 Å². The van der Waals surface area contributed by atoms with E-state index in [1.54, 1.807) is 11.9 Å². The number of likely N-dealkylation sites (N-methyl/N-ethyl adjacent to an activating group) is 1. The Morgan fingerprint density at radius 3 is 2.74 bits per heavy atom. The first kappa shape index (κ1) is 15.2. The zero-order valence-electron chi connectivity index (χ0n) is 13.5. The molecule has 1 aromatic heterocycles. The van der Waals surface area contributed by atoms with Gasteiger partial charge in [0.15, 0.2) is 6.61 Å². The van der Waals surface area contributed by atoms with Gasteiger partial charge in [-0.3, -0.25) is 4.79 Å². The minimum atomic E-state index is -0.0758. The second-order valence-corrected chi connectivity index (χ2v) is 5.28. The molecule has 0 unspecified atom stereocenters. The van der Waals surface area contributed by atoms with E-state index >= 15 is 0 Å². The monoisotopic (exact) mass is 313 g/mol. The number of nitrogens with zero attached hydrogens (tertiary/aromatic N) is 4. The predicted molar refractivity (Wildman–Crippen MR) is 87.2 cm³/mol. The third-order valence-electron chi connectivity index (χ3n) is 3.81. The maximum Gasteiger partial charge on any atom is 0.264 e. The molecule has 0 saturated heterocycles. The predicted octanol–water partition coefficient (Wildman–Crippen LogP) is 2.10. The molecule has 23 heavy (non-hydrogen) atoms. The smallest absolute Gasteiger partial charge is 0.264 e. The molecular weight excluding hydrogens is 294 g/mol. The van der Waals surface area contributed by atoms with Gasteiger partial charge in [0.05, 0.1) is 17.1 Å². The van der Waals surface area contributed by atoms with Gasteiger partial charge in [-0.2, -0.15) is 0 Å². The first-order chi connectivity index (χ1) is 11.1. The zero-order chi connectivity index (χ0) is 16.4. The summed E-state index contributed by atoms with van der Waals surface area (Å²) >= 11 is 0. The molecule has 1 amide bonds. The maximum absolute atomic E-state index is 11.7. The standard InChI is InChI=1S/C16H19N5O2/c1-4-11-12(5-2)19-20-16(18-11)17-10-6-7-14-13(8-10)21(3)15(22)9-23-14/h6-8H,4-5,9H2,1-3H3,(H,17,18,20). The number of hydrogen-bond donors (Lipinski definition) is 1. The molecule has 0 aliphatic carbocycles. The second kappa shape index (κ2) is 6.20. The summed E-state index contributed by atoms with van der Waals surface area (Å²) in [6.45, 7) is 4.15. The number of nitrogens with one attached hydrogen (secondary N) is 1. The number of benzene rings is 1. The molecule has 3 rings (SSSR count). The van der Waals surface area contributed by atoms with E-state index < -0.39 is 0 Å². The van der Waals surface area contributed by atoms with Crippen molar-refractivity contribution in [2.75, 3.05) is 23.9 Å². The van der Waals surface area contributed by atoms with Gasteiger partial charge in [-0.15, -0.1) is 10.2 Å². The molecule has 1 N–H and O–H groups in total. The lowest BCUT2D eigenvalue weighted by Crippen LogP contribution is -2.35. The van der Waals surface area contributed by atoms with Crippen molar-refractivity contribution in [2.24, 2.45) is 0 Å². The molecule has 0 saturated carbocycles. The fourth-order valence-electron chi connectivity index (χ4n) is 2.47. The van der Waals surface area contributed by atoms with Crippen molar-refractivity contribution in [3.05, 3.63) is 29.6 Å². The van der Waals surface area contributed by atoms with Crippen LogP contribution in [0, 0.1) is 0 Å². The van der Waals surface area contributed by atoms with E-state index in [2.05, 4.69) is 20.5 Å². The number of amides is 1. The minimum absolute atomic E-state index is 0.0711. The van der Waals surface area contributed by atoms with Crippen LogP contribution in [0.3, 0.4) is 0 Å². The van der Waals surface area contributed by atoms with Gasteiger partial charge >= 0.3 is 0 Å². The van der Waals surface area contributed by atoms with Crippen molar-refractivity contribution < 1.29 is 9.53 Å². The van der Waals surface area contributed by atoms with Gasteiger partial charge in [-0.1, -0.05) is 13.8 Å². The molecule has 2 heterocycles. The van der Waals surface area contributed by atoms with E-state index in [0.717, 1.165) is 35.6 Å². The van der Waals surface area contributed by atoms with Gasteiger partial charge in [0.1, 0.15) is 5.75 Å². The highest BCUT2D eigenvalue weighted by molar-refractivity contribution is 5.98. The molecule has 0 bridgehead atoms. The van der Waals surface area contributed by atoms with E-state index in [-0.39, 0.29) is 12.5 Å². The average Bonchev–Trinajstić information content (AvgIpc) is 2.58. The molecule has 1 aliphatic rings. The van der Waals surface area contributed by atoms with Gasteiger partial charge in [0, 0.05) is 12.7 Å². The number of fused-ring (bicyclic) bond motifs is 1. The number of carbonyl (C=O) groups is 1. The Hall–Kier alpha value is -2.70. The molecule has 7 heteroatoms. The molecule has 1 aromatic carbocycles. The van der Waals surface area contributed by atoms with Crippen LogP contribution in [0.25, 0.3) is 0 Å². The molecular formula is C16H19N5O2. The quantitative estimate of drug-likeness (QED) is 0.931. The summed E-state index contributed by atoms with van der Waals surface area (Å²) in [5.74, 6) is 1.06. The number of aryl methyl sites for hydroxylation is 2. The summed E-state index contributed by atoms with van der Waals surface area (Å²) < 4.78 is 5.42. The Labute approximate surface area is 134 Å². The first-order valence-corrected chi connectivity index (χ1v) is 7.65. The molecule has 0 fully saturated rings. The highest BCUT2D eigenvalue weighted by Crippen LogP contribution is 2.34. The SMILES string of the molecule is CCc1nnc(Nc2ccc3c(c2)N(C)C(=O)CO3)nc1CC. The Morgan fingerprint density at radius 2 is 2.00 bits per heavy atom. The second-order valence-electron chi connectivity index (χ2n) is 5.28. The van der Waals surface area contributed by atoms with Crippen LogP contribution in [-0.4, -0.2) is 34.7 Å². The Morgan fingerprint density at radius 1 is 1.22 bits per heavy atom. The number of aromatic nitrogens is 3. The normalized spacial score (nSPS) is 13.5. The molecule has 0 atom stereocenters. The van der Waals surface area contributed by atoms with E-state index in [0.29, 0.717) is 11.7 Å². The van der Waals surface area contributed by atoms with Crippen LogP contribution in [-0.2, 0) is 17.6 Å². The molecule has 2 aromatic rings. The Kier molecular flexibility index (Phi) is 4.10. The van der Waals surface area contributed by atoms with Crippen molar-refractivity contribution in [3.63, 3.8) is 0 Å². The number of hydrogen-bond acceptors (Lipinski definition) is 6. The fraction of sp³-hybridized carbons (Fsp3) is 0.375. The van der Waals surface area contributed by atoms with Crippen LogP contribution in [0.4, 0.5) is 17.3 Å². The van der Waals surface area contributed by atoms with Crippen molar-refractivity contribution in [1.82, 2.24) is 15.2 Å². The summed E-state index contributed by atoms with van der Waals surface area (Å²) in [6.07, 6.45) is 1.62. The van der Waals surface area contributed by atoms with Crippen LogP contribution >= 0.6 is 0 Å². The zero-order valence-corrected chi connectivity index (χ0v) is 13.5. The van der Waals surface area contributed by atoms with Crippen LogP contribution in [0.1, 0.15) is 25.2 Å². The summed E-state index contributed by atoms with van der Waals surface area (Å²) in [7, 11) is 1.73. The van der Waals surface area contributed by atoms with E-state index in [9.17, 15) is 4.79 Å². The maximum atomic E-state index is 11.7. The Bertz CT molecular complexity index is 747. The van der Waals surface area contributed by atoms with Crippen molar-refractivity contribution in [2.45, 2.75) is 26.7 Å². The van der Waals surface area contributed by atoms with Crippen LogP contribution in [0.15, 0.2) is 18.2 Å². The molecule has 1 aliphatic heterocycles. The largest absolute Gasteiger partial charge is 0.482 e. The van der Waals surface area contributed by atoms with E-state index in [1.807, 2.05) is 32.0 Å². The number of rotatable bonds is 4. The lowest BCUT2D eigenvalue weighted by atomic mass is 10.2. The fourth-order valence-corrected chi connectivity index (χ4v) is 2.47. The number of ether oxygens (including phenoxy) is 1. The molecule has 0 radical (unpaired) electrons. The lowest BCUT2D eigenvalue weighted by Gasteiger charge is -2.26. The summed E-state index contributed by atoms with van der Waals surface area (Å²) in [5, 5.41) is 11.5. The topological polar surface area (TPSA) is 80.2 Å². The molecule has 120 valence electrons. The Balaban J connectivity index is 1.88. The van der Waals surface area contributed by atoms with Crippen LogP contribution in [0.2, 0.25) is 0 Å². The first-order valence-electron chi connectivity index (χ1n) is 7.65. The molecule has 7 nitrogen and oxygen atoms in total. The van der Waals surface area contributed by atoms with Crippen molar-refractivity contribution in [1.29, 1.82) is 0 Å². The van der Waals surface area contributed by atoms with Gasteiger partial charge < -0.3 is 15.0 Å². The van der Waals surface area contributed by atoms with Gasteiger partial charge in [-0.05, 0) is 31.0 Å². The van der Waals surface area contributed by atoms with Gasteiger partial charge in [0.25, 0.3) is 5.91 Å². The highest BCUT2D eigenvalue weighted by Gasteiger charge is 2.22. The van der Waals surface area contributed by atoms with Gasteiger partial charge in [-0.25, -0.2) is 4.98 Å². The number of carbonyl (C=O) groups excluding carboxylic acids is 1. The van der Waals surface area contributed by atoms with Gasteiger partial charge in [0.2, 0.25) is 5.95 Å². The minimum Gasteiger partial charge on any atom is -0.482 e. The average molecular weight is 313 g/mol. The third-order valence-corrected chi connectivity index (χ3v) is 3.81. The summed E-state index contributed by atoms with van der Waals surface area (Å²) in [4.78, 5) is 17.8. The molecule has 0 spiro atoms. The third kappa shape index (κ3) is 2.94. The van der Waals surface area contributed by atoms with Crippen LogP contribution < -0.4 is 15.0 Å². The lowest BCUT2D eigenvalue weighted by molar-refractivity contribution is -0.120.